The Bertz CT molecular complexity index is 1100. The summed E-state index contributed by atoms with van der Waals surface area (Å²) in [6.07, 6.45) is 3.29. The number of carbonyl (C=O) groups excluding carboxylic acids is 5. The molecule has 0 saturated carbocycles. The van der Waals surface area contributed by atoms with Crippen LogP contribution in [0.15, 0.2) is 24.3 Å². The lowest BCUT2D eigenvalue weighted by Crippen LogP contribution is -2.55. The lowest BCUT2D eigenvalue weighted by atomic mass is 10.0. The van der Waals surface area contributed by atoms with Gasteiger partial charge in [-0.1, -0.05) is 31.9 Å². The molecule has 16 nitrogen and oxygen atoms in total. The first-order valence-electron chi connectivity index (χ1n) is 12.4. The molecule has 2 atom stereocenters. The minimum Gasteiger partial charge on any atom is -0.464 e. The van der Waals surface area contributed by atoms with Crippen LogP contribution in [0.5, 0.6) is 0 Å². The average molecular weight is 578 g/mol. The number of carbonyl (C=O) groups is 6. The van der Waals surface area contributed by atoms with Gasteiger partial charge in [0.05, 0.1) is 6.54 Å². The maximum absolute atomic E-state index is 13.1. The maximum atomic E-state index is 13.1. The van der Waals surface area contributed by atoms with Crippen LogP contribution in [0.25, 0.3) is 0 Å². The van der Waals surface area contributed by atoms with E-state index < -0.39 is 60.5 Å². The van der Waals surface area contributed by atoms with E-state index in [1.165, 1.54) is 0 Å². The number of amides is 7. The highest BCUT2D eigenvalue weighted by atomic mass is 16.7. The van der Waals surface area contributed by atoms with Gasteiger partial charge in [-0.25, -0.2) is 14.4 Å². The van der Waals surface area contributed by atoms with E-state index in [4.69, 9.17) is 22.0 Å². The largest absolute Gasteiger partial charge is 0.464 e. The van der Waals surface area contributed by atoms with Gasteiger partial charge < -0.3 is 42.2 Å². The Morgan fingerprint density at radius 3 is 2.29 bits per heavy atom. The minimum absolute atomic E-state index is 0.0308. The highest BCUT2D eigenvalue weighted by Crippen LogP contribution is 2.12. The average Bonchev–Trinajstić information content (AvgIpc) is 2.91. The molecule has 0 unspecified atom stereocenters. The molecule has 0 heterocycles. The number of anilines is 1. The molecule has 0 aromatic heterocycles. The fourth-order valence-corrected chi connectivity index (χ4v) is 3.20. The molecular formula is C25H35N7O9. The van der Waals surface area contributed by atoms with Crippen LogP contribution in [0.3, 0.4) is 0 Å². The van der Waals surface area contributed by atoms with Crippen molar-refractivity contribution in [1.29, 1.82) is 0 Å². The summed E-state index contributed by atoms with van der Waals surface area (Å²) in [6.45, 7) is 2.80. The molecule has 0 saturated heterocycles. The van der Waals surface area contributed by atoms with Crippen molar-refractivity contribution in [2.45, 2.75) is 45.4 Å². The van der Waals surface area contributed by atoms with Crippen molar-refractivity contribution in [3.63, 3.8) is 0 Å². The Labute approximate surface area is 236 Å². The lowest BCUT2D eigenvalue weighted by molar-refractivity contribution is -0.134. The quantitative estimate of drug-likeness (QED) is 0.0733. The van der Waals surface area contributed by atoms with Gasteiger partial charge in [-0.05, 0) is 36.5 Å². The molecule has 0 spiro atoms. The molecule has 1 aromatic carbocycles. The summed E-state index contributed by atoms with van der Waals surface area (Å²) in [5, 5.41) is 21.0. The van der Waals surface area contributed by atoms with Crippen LogP contribution in [-0.4, -0.2) is 72.8 Å². The second kappa shape index (κ2) is 18.3. The van der Waals surface area contributed by atoms with Crippen molar-refractivity contribution in [3.05, 3.63) is 29.8 Å². The van der Waals surface area contributed by atoms with E-state index in [1.807, 2.05) is 0 Å². The summed E-state index contributed by atoms with van der Waals surface area (Å²) in [7, 11) is 0. The predicted molar refractivity (Wildman–Crippen MR) is 145 cm³/mol. The Kier molecular flexibility index (Phi) is 15.2. The number of hydrogen-bond acceptors (Lipinski definition) is 8. The van der Waals surface area contributed by atoms with E-state index in [-0.39, 0.29) is 32.5 Å². The third kappa shape index (κ3) is 14.6. The molecule has 0 aliphatic heterocycles. The third-order valence-corrected chi connectivity index (χ3v) is 5.16. The summed E-state index contributed by atoms with van der Waals surface area (Å²) in [5.41, 5.74) is 7.67. The SMILES string of the molecule is C#CCNC(=O)OCc1ccc(NC(=O)[C@H](CCCNC(N)=O)NC(=O)[C@@H](NC(=O)CONC(=O)O)C(C)C)cc1. The summed E-state index contributed by atoms with van der Waals surface area (Å²) in [5.74, 6) is -0.165. The van der Waals surface area contributed by atoms with Gasteiger partial charge in [0.15, 0.2) is 6.61 Å². The molecule has 224 valence electrons. The molecule has 41 heavy (non-hydrogen) atoms. The number of carboxylic acid groups (broad SMARTS) is 1. The number of alkyl carbamates (subject to hydrolysis) is 1. The van der Waals surface area contributed by atoms with Crippen molar-refractivity contribution in [2.24, 2.45) is 11.7 Å². The third-order valence-electron chi connectivity index (χ3n) is 5.16. The second-order valence-electron chi connectivity index (χ2n) is 8.80. The molecule has 1 aromatic rings. The molecule has 0 bridgehead atoms. The van der Waals surface area contributed by atoms with Gasteiger partial charge in [0.2, 0.25) is 17.7 Å². The van der Waals surface area contributed by atoms with Gasteiger partial charge in [-0.15, -0.1) is 6.42 Å². The lowest BCUT2D eigenvalue weighted by Gasteiger charge is -2.25. The first kappa shape index (κ1) is 34.0. The molecule has 0 aliphatic rings. The molecule has 0 radical (unpaired) electrons. The number of rotatable bonds is 16. The number of terminal acetylenes is 1. The molecule has 16 heteroatoms. The summed E-state index contributed by atoms with van der Waals surface area (Å²) in [6, 6.07) is 3.52. The van der Waals surface area contributed by atoms with Crippen molar-refractivity contribution in [2.75, 3.05) is 25.0 Å². The van der Waals surface area contributed by atoms with Gasteiger partial charge in [0.25, 0.3) is 0 Å². The molecular weight excluding hydrogens is 542 g/mol. The monoisotopic (exact) mass is 577 g/mol. The van der Waals surface area contributed by atoms with Gasteiger partial charge in [-0.3, -0.25) is 19.2 Å². The van der Waals surface area contributed by atoms with E-state index in [9.17, 15) is 28.8 Å². The van der Waals surface area contributed by atoms with E-state index in [0.717, 1.165) is 0 Å². The van der Waals surface area contributed by atoms with Crippen molar-refractivity contribution >= 4 is 41.6 Å². The van der Waals surface area contributed by atoms with Crippen LogP contribution in [0.1, 0.15) is 32.3 Å². The normalized spacial score (nSPS) is 11.7. The highest BCUT2D eigenvalue weighted by molar-refractivity contribution is 5.98. The zero-order chi connectivity index (χ0) is 30.8. The molecule has 0 fully saturated rings. The van der Waals surface area contributed by atoms with Crippen molar-refractivity contribution in [1.82, 2.24) is 26.7 Å². The molecule has 7 amide bonds. The second-order valence-corrected chi connectivity index (χ2v) is 8.80. The summed E-state index contributed by atoms with van der Waals surface area (Å²) >= 11 is 0. The summed E-state index contributed by atoms with van der Waals surface area (Å²) in [4.78, 5) is 75.7. The number of ether oxygens (including phenoxy) is 1. The van der Waals surface area contributed by atoms with Gasteiger partial charge in [-0.2, -0.15) is 5.48 Å². The van der Waals surface area contributed by atoms with Crippen LogP contribution in [-0.2, 0) is 30.6 Å². The van der Waals surface area contributed by atoms with E-state index in [2.05, 4.69) is 37.3 Å². The van der Waals surface area contributed by atoms with Crippen molar-refractivity contribution < 1.29 is 43.4 Å². The first-order chi connectivity index (χ1) is 19.4. The fraction of sp³-hybridized carbons (Fsp3) is 0.440. The zero-order valence-electron chi connectivity index (χ0n) is 22.7. The molecule has 0 aliphatic carbocycles. The fourth-order valence-electron chi connectivity index (χ4n) is 3.20. The van der Waals surface area contributed by atoms with Crippen LogP contribution < -0.4 is 37.8 Å². The number of urea groups is 1. The Hall–Kier alpha value is -5.04. The maximum Gasteiger partial charge on any atom is 0.428 e. The number of nitrogens with two attached hydrogens (primary N) is 1. The van der Waals surface area contributed by atoms with Crippen LogP contribution in [0.2, 0.25) is 0 Å². The molecule has 9 N–H and O–H groups in total. The van der Waals surface area contributed by atoms with Gasteiger partial charge in [0.1, 0.15) is 18.7 Å². The molecule has 1 rings (SSSR count). The van der Waals surface area contributed by atoms with Gasteiger partial charge >= 0.3 is 18.2 Å². The number of hydrogen-bond donors (Lipinski definition) is 8. The van der Waals surface area contributed by atoms with Crippen LogP contribution in [0.4, 0.5) is 20.1 Å². The zero-order valence-corrected chi connectivity index (χ0v) is 22.7. The van der Waals surface area contributed by atoms with Crippen LogP contribution >= 0.6 is 0 Å². The Morgan fingerprint density at radius 1 is 1.02 bits per heavy atom. The minimum atomic E-state index is -1.50. The summed E-state index contributed by atoms with van der Waals surface area (Å²) < 4.78 is 5.02. The number of primary amides is 1. The highest BCUT2D eigenvalue weighted by Gasteiger charge is 2.29. The predicted octanol–water partition coefficient (Wildman–Crippen LogP) is -0.242. The van der Waals surface area contributed by atoms with E-state index >= 15 is 0 Å². The Morgan fingerprint density at radius 2 is 1.71 bits per heavy atom. The van der Waals surface area contributed by atoms with E-state index in [1.54, 1.807) is 43.6 Å². The first-order valence-corrected chi connectivity index (χ1v) is 12.4. The van der Waals surface area contributed by atoms with E-state index in [0.29, 0.717) is 11.3 Å². The number of hydroxylamine groups is 1. The Balaban J connectivity index is 2.86. The standard InChI is InChI=1S/C25H35N7O9/c1-4-11-28-25(39)40-13-16-7-9-17(10-8-16)29-21(34)18(6-5-12-27-23(26)36)30-22(35)20(15(2)3)31-19(33)14-41-32-24(37)38/h1,7-10,15,18,20,32H,5-6,11-14H2,2-3H3,(H,28,39)(H,29,34)(H,30,35)(H,31,33)(H,37,38)(H3,26,27,36)/t18-,20-/m0/s1. The number of nitrogens with one attached hydrogen (secondary N) is 6. The van der Waals surface area contributed by atoms with Crippen LogP contribution in [0, 0.1) is 18.3 Å². The van der Waals surface area contributed by atoms with Crippen molar-refractivity contribution in [3.8, 4) is 12.3 Å². The topological polar surface area (TPSA) is 239 Å². The van der Waals surface area contributed by atoms with Gasteiger partial charge in [0, 0.05) is 12.2 Å². The number of benzene rings is 1. The smallest absolute Gasteiger partial charge is 0.428 e.